The molecule has 3 rings (SSSR count). The molecule has 0 atom stereocenters. The fourth-order valence-electron chi connectivity index (χ4n) is 2.49. The zero-order chi connectivity index (χ0) is 19.1. The third kappa shape index (κ3) is 4.95. The van der Waals surface area contributed by atoms with Crippen LogP contribution < -0.4 is 14.8 Å². The summed E-state index contributed by atoms with van der Waals surface area (Å²) in [7, 11) is 1.55. The molecule has 0 unspecified atom stereocenters. The molecule has 1 N–H and O–H groups in total. The van der Waals surface area contributed by atoms with Crippen LogP contribution in [0, 0.1) is 0 Å². The summed E-state index contributed by atoms with van der Waals surface area (Å²) >= 11 is 0. The maximum absolute atomic E-state index is 12.3. The van der Waals surface area contributed by atoms with Crippen molar-refractivity contribution in [3.63, 3.8) is 0 Å². The van der Waals surface area contributed by atoms with E-state index in [9.17, 15) is 9.59 Å². The number of ketones is 1. The third-order valence-electron chi connectivity index (χ3n) is 3.89. The topological polar surface area (TPSA) is 64.6 Å². The molecule has 0 aliphatic rings. The number of nitrogens with one attached hydrogen (secondary N) is 1. The van der Waals surface area contributed by atoms with Gasteiger partial charge in [-0.15, -0.1) is 0 Å². The van der Waals surface area contributed by atoms with Crippen molar-refractivity contribution in [2.24, 2.45) is 0 Å². The predicted molar refractivity (Wildman–Crippen MR) is 104 cm³/mol. The molecule has 3 aromatic rings. The van der Waals surface area contributed by atoms with E-state index in [4.69, 9.17) is 9.47 Å². The molecule has 3 aromatic carbocycles. The highest BCUT2D eigenvalue weighted by atomic mass is 16.5. The number of hydrogen-bond donors (Lipinski definition) is 1. The lowest BCUT2D eigenvalue weighted by Gasteiger charge is -2.09. The first-order chi connectivity index (χ1) is 13.2. The number of Topliss-reactive ketones (excluding diaryl/α,β-unsaturated/α-hetero) is 1. The number of carbonyl (C=O) groups excluding carboxylic acids is 2. The minimum Gasteiger partial charge on any atom is -0.497 e. The number of amides is 1. The smallest absolute Gasteiger partial charge is 0.255 e. The number of carbonyl (C=O) groups is 2. The molecule has 1 amide bonds. The fraction of sp³-hybridized carbons (Fsp3) is 0.0909. The van der Waals surface area contributed by atoms with Crippen molar-refractivity contribution in [1.29, 1.82) is 0 Å². The summed E-state index contributed by atoms with van der Waals surface area (Å²) in [6.45, 7) is -0.108. The van der Waals surface area contributed by atoms with Gasteiger partial charge in [-0.05, 0) is 36.4 Å². The van der Waals surface area contributed by atoms with E-state index < -0.39 is 0 Å². The van der Waals surface area contributed by atoms with E-state index in [2.05, 4.69) is 5.32 Å². The molecule has 5 heteroatoms. The van der Waals surface area contributed by atoms with Gasteiger partial charge in [-0.25, -0.2) is 0 Å². The summed E-state index contributed by atoms with van der Waals surface area (Å²) in [6, 6.07) is 22.8. The Morgan fingerprint density at radius 1 is 0.815 bits per heavy atom. The molecule has 0 aromatic heterocycles. The van der Waals surface area contributed by atoms with Gasteiger partial charge in [0.25, 0.3) is 5.91 Å². The monoisotopic (exact) mass is 361 g/mol. The first kappa shape index (κ1) is 18.2. The van der Waals surface area contributed by atoms with Gasteiger partial charge in [-0.3, -0.25) is 9.59 Å². The summed E-state index contributed by atoms with van der Waals surface area (Å²) in [5.41, 5.74) is 1.68. The largest absolute Gasteiger partial charge is 0.497 e. The van der Waals surface area contributed by atoms with Crippen LogP contribution in [0.3, 0.4) is 0 Å². The van der Waals surface area contributed by atoms with E-state index in [1.807, 2.05) is 6.07 Å². The van der Waals surface area contributed by atoms with Crippen LogP contribution in [0.1, 0.15) is 20.7 Å². The Morgan fingerprint density at radius 3 is 2.30 bits per heavy atom. The SMILES string of the molecule is COc1cccc(C(=O)COc2cccc(NC(=O)c3ccccc3)c2)c1. The van der Waals surface area contributed by atoms with Gasteiger partial charge in [0.1, 0.15) is 11.5 Å². The van der Waals surface area contributed by atoms with E-state index in [1.54, 1.807) is 79.9 Å². The lowest BCUT2D eigenvalue weighted by atomic mass is 10.1. The molecular weight excluding hydrogens is 342 g/mol. The number of benzene rings is 3. The Kier molecular flexibility index (Phi) is 5.84. The highest BCUT2D eigenvalue weighted by Gasteiger charge is 2.09. The molecule has 0 aliphatic heterocycles. The summed E-state index contributed by atoms with van der Waals surface area (Å²) < 4.78 is 10.7. The highest BCUT2D eigenvalue weighted by Crippen LogP contribution is 2.19. The van der Waals surface area contributed by atoms with Crippen LogP contribution in [0.15, 0.2) is 78.9 Å². The van der Waals surface area contributed by atoms with Gasteiger partial charge < -0.3 is 14.8 Å². The summed E-state index contributed by atoms with van der Waals surface area (Å²) in [5.74, 6) is 0.747. The molecule has 0 fully saturated rings. The molecule has 0 spiro atoms. The Morgan fingerprint density at radius 2 is 1.52 bits per heavy atom. The van der Waals surface area contributed by atoms with Crippen LogP contribution >= 0.6 is 0 Å². The lowest BCUT2D eigenvalue weighted by Crippen LogP contribution is -2.13. The Hall–Kier alpha value is -3.60. The van der Waals surface area contributed by atoms with Gasteiger partial charge >= 0.3 is 0 Å². The van der Waals surface area contributed by atoms with Crippen LogP contribution in [0.25, 0.3) is 0 Å². The molecule has 0 saturated carbocycles. The number of methoxy groups -OCH3 is 1. The molecule has 5 nitrogen and oxygen atoms in total. The van der Waals surface area contributed by atoms with E-state index in [0.29, 0.717) is 28.3 Å². The number of rotatable bonds is 7. The van der Waals surface area contributed by atoms with Gasteiger partial charge in [0, 0.05) is 22.9 Å². The summed E-state index contributed by atoms with van der Waals surface area (Å²) in [4.78, 5) is 24.5. The average molecular weight is 361 g/mol. The first-order valence-electron chi connectivity index (χ1n) is 8.42. The van der Waals surface area contributed by atoms with Crippen molar-refractivity contribution in [2.75, 3.05) is 19.0 Å². The molecule has 0 bridgehead atoms. The maximum atomic E-state index is 12.3. The van der Waals surface area contributed by atoms with Crippen LogP contribution in [0.2, 0.25) is 0 Å². The number of ether oxygens (including phenoxy) is 2. The second kappa shape index (κ2) is 8.67. The minimum absolute atomic E-state index is 0.108. The van der Waals surface area contributed by atoms with Gasteiger partial charge in [0.2, 0.25) is 0 Å². The third-order valence-corrected chi connectivity index (χ3v) is 3.89. The zero-order valence-electron chi connectivity index (χ0n) is 14.8. The van der Waals surface area contributed by atoms with Crippen molar-refractivity contribution in [1.82, 2.24) is 0 Å². The molecule has 136 valence electrons. The lowest BCUT2D eigenvalue weighted by molar-refractivity contribution is 0.0920. The normalized spacial score (nSPS) is 10.1. The minimum atomic E-state index is -0.208. The van der Waals surface area contributed by atoms with Crippen molar-refractivity contribution in [2.45, 2.75) is 0 Å². The van der Waals surface area contributed by atoms with E-state index in [0.717, 1.165) is 0 Å². The maximum Gasteiger partial charge on any atom is 0.255 e. The molecular formula is C22H19NO4. The van der Waals surface area contributed by atoms with Crippen LogP contribution in [-0.2, 0) is 0 Å². The van der Waals surface area contributed by atoms with Crippen LogP contribution in [-0.4, -0.2) is 25.4 Å². The Bertz CT molecular complexity index is 938. The van der Waals surface area contributed by atoms with Gasteiger partial charge in [-0.2, -0.15) is 0 Å². The highest BCUT2D eigenvalue weighted by molar-refractivity contribution is 6.04. The fourth-order valence-corrected chi connectivity index (χ4v) is 2.49. The quantitative estimate of drug-likeness (QED) is 0.640. The van der Waals surface area contributed by atoms with E-state index in [-0.39, 0.29) is 18.3 Å². The molecule has 27 heavy (non-hydrogen) atoms. The van der Waals surface area contributed by atoms with Crippen LogP contribution in [0.5, 0.6) is 11.5 Å². The molecule has 0 saturated heterocycles. The van der Waals surface area contributed by atoms with Gasteiger partial charge in [0.05, 0.1) is 7.11 Å². The average Bonchev–Trinajstić information content (AvgIpc) is 2.73. The Balaban J connectivity index is 1.62. The van der Waals surface area contributed by atoms with Crippen molar-refractivity contribution in [3.05, 3.63) is 90.0 Å². The molecule has 0 heterocycles. The van der Waals surface area contributed by atoms with Gasteiger partial charge in [-0.1, -0.05) is 36.4 Å². The molecule has 0 radical (unpaired) electrons. The van der Waals surface area contributed by atoms with Crippen molar-refractivity contribution >= 4 is 17.4 Å². The Labute approximate surface area is 157 Å². The summed E-state index contributed by atoms with van der Waals surface area (Å²) in [5, 5.41) is 2.81. The first-order valence-corrected chi connectivity index (χ1v) is 8.42. The molecule has 0 aliphatic carbocycles. The van der Waals surface area contributed by atoms with Crippen molar-refractivity contribution < 1.29 is 19.1 Å². The number of hydrogen-bond acceptors (Lipinski definition) is 4. The standard InChI is InChI=1S/C22H19NO4/c1-26-19-11-5-9-17(13-19)21(24)15-27-20-12-6-10-18(14-20)23-22(25)16-7-3-2-4-8-16/h2-14H,15H2,1H3,(H,23,25). The van der Waals surface area contributed by atoms with Gasteiger partial charge in [0.15, 0.2) is 12.4 Å². The summed E-state index contributed by atoms with van der Waals surface area (Å²) in [6.07, 6.45) is 0. The van der Waals surface area contributed by atoms with E-state index >= 15 is 0 Å². The number of anilines is 1. The second-order valence-electron chi connectivity index (χ2n) is 5.79. The predicted octanol–water partition coefficient (Wildman–Crippen LogP) is 4.21. The second-order valence-corrected chi connectivity index (χ2v) is 5.79. The zero-order valence-corrected chi connectivity index (χ0v) is 14.8. The van der Waals surface area contributed by atoms with Crippen LogP contribution in [0.4, 0.5) is 5.69 Å². The van der Waals surface area contributed by atoms with E-state index in [1.165, 1.54) is 0 Å². The van der Waals surface area contributed by atoms with Crippen molar-refractivity contribution in [3.8, 4) is 11.5 Å².